The highest BCUT2D eigenvalue weighted by Crippen LogP contribution is 2.29. The number of hydrogen-bond acceptors (Lipinski definition) is 2. The molecule has 30 heavy (non-hydrogen) atoms. The van der Waals surface area contributed by atoms with Crippen molar-refractivity contribution in [2.45, 2.75) is 12.6 Å². The summed E-state index contributed by atoms with van der Waals surface area (Å²) in [6, 6.07) is 8.08. The van der Waals surface area contributed by atoms with Gasteiger partial charge in [-0.3, -0.25) is 9.89 Å². The fourth-order valence-corrected chi connectivity index (χ4v) is 3.01. The zero-order valence-corrected chi connectivity index (χ0v) is 15.1. The molecule has 0 bridgehead atoms. The molecule has 0 saturated carbocycles. The number of halogens is 5. The van der Waals surface area contributed by atoms with Crippen LogP contribution in [0.4, 0.5) is 27.6 Å². The van der Waals surface area contributed by atoms with Gasteiger partial charge >= 0.3 is 6.18 Å². The number of aromatic amines is 2. The number of fused-ring (bicyclic) bond motifs is 1. The highest BCUT2D eigenvalue weighted by molar-refractivity contribution is 6.08. The number of hydrogen-bond donors (Lipinski definition) is 3. The van der Waals surface area contributed by atoms with Gasteiger partial charge in [-0.25, -0.2) is 8.78 Å². The Bertz CT molecular complexity index is 1220. The summed E-state index contributed by atoms with van der Waals surface area (Å²) < 4.78 is 64.7. The van der Waals surface area contributed by atoms with Crippen molar-refractivity contribution in [1.29, 1.82) is 0 Å². The fourth-order valence-electron chi connectivity index (χ4n) is 3.01. The van der Waals surface area contributed by atoms with E-state index < -0.39 is 29.3 Å². The molecular weight excluding hydrogens is 407 g/mol. The second-order valence-corrected chi connectivity index (χ2v) is 6.62. The second kappa shape index (κ2) is 7.29. The SMILES string of the molecule is O=C(Nc1c[nH]c2cc(F)c(F)cc12)c1cc(Cc2ccc(C(F)(F)F)cc2)[nH]n1. The van der Waals surface area contributed by atoms with Crippen LogP contribution >= 0.6 is 0 Å². The van der Waals surface area contributed by atoms with Crippen molar-refractivity contribution in [3.63, 3.8) is 0 Å². The molecule has 0 aliphatic carbocycles. The molecular formula is C20H13F5N4O. The van der Waals surface area contributed by atoms with Gasteiger partial charge in [-0.05, 0) is 29.8 Å². The molecule has 0 spiro atoms. The highest BCUT2D eigenvalue weighted by atomic mass is 19.4. The number of nitrogens with one attached hydrogen (secondary N) is 3. The van der Waals surface area contributed by atoms with Crippen molar-refractivity contribution < 1.29 is 26.7 Å². The molecule has 10 heteroatoms. The molecule has 2 heterocycles. The fraction of sp³-hybridized carbons (Fsp3) is 0.100. The number of aromatic nitrogens is 3. The van der Waals surface area contributed by atoms with Crippen LogP contribution in [-0.2, 0) is 12.6 Å². The van der Waals surface area contributed by atoms with Crippen molar-refractivity contribution in [3.8, 4) is 0 Å². The summed E-state index contributed by atoms with van der Waals surface area (Å²) in [7, 11) is 0. The summed E-state index contributed by atoms with van der Waals surface area (Å²) in [4.78, 5) is 15.2. The van der Waals surface area contributed by atoms with Crippen LogP contribution in [-0.4, -0.2) is 21.1 Å². The minimum atomic E-state index is -4.41. The predicted octanol–water partition coefficient (Wildman–Crippen LogP) is 5.03. The Labute approximate surface area is 165 Å². The average molecular weight is 420 g/mol. The van der Waals surface area contributed by atoms with E-state index in [1.165, 1.54) is 24.4 Å². The van der Waals surface area contributed by atoms with Crippen LogP contribution < -0.4 is 5.32 Å². The normalized spacial score (nSPS) is 11.8. The van der Waals surface area contributed by atoms with Gasteiger partial charge in [-0.1, -0.05) is 12.1 Å². The van der Waals surface area contributed by atoms with E-state index in [-0.39, 0.29) is 17.8 Å². The Balaban J connectivity index is 1.47. The third kappa shape index (κ3) is 3.88. The summed E-state index contributed by atoms with van der Waals surface area (Å²) in [5.41, 5.74) is 0.981. The van der Waals surface area contributed by atoms with Crippen LogP contribution in [0, 0.1) is 11.6 Å². The van der Waals surface area contributed by atoms with Crippen LogP contribution in [0.2, 0.25) is 0 Å². The number of H-pyrrole nitrogens is 2. The molecule has 0 aliphatic rings. The molecule has 1 amide bonds. The number of carbonyl (C=O) groups excluding carboxylic acids is 1. The van der Waals surface area contributed by atoms with Crippen molar-refractivity contribution in [2.24, 2.45) is 0 Å². The lowest BCUT2D eigenvalue weighted by atomic mass is 10.1. The molecule has 0 atom stereocenters. The van der Waals surface area contributed by atoms with Crippen molar-refractivity contribution in [1.82, 2.24) is 15.2 Å². The van der Waals surface area contributed by atoms with E-state index in [0.29, 0.717) is 22.2 Å². The molecule has 0 radical (unpaired) electrons. The number of amides is 1. The quantitative estimate of drug-likeness (QED) is 0.405. The minimum absolute atomic E-state index is 0.0360. The Morgan fingerprint density at radius 3 is 2.43 bits per heavy atom. The number of benzene rings is 2. The van der Waals surface area contributed by atoms with E-state index in [9.17, 15) is 26.7 Å². The smallest absolute Gasteiger partial charge is 0.359 e. The van der Waals surface area contributed by atoms with E-state index in [4.69, 9.17) is 0 Å². The molecule has 2 aromatic heterocycles. The van der Waals surface area contributed by atoms with Crippen LogP contribution in [0.5, 0.6) is 0 Å². The molecule has 0 aliphatic heterocycles. The molecule has 2 aromatic carbocycles. The molecule has 0 saturated heterocycles. The molecule has 0 fully saturated rings. The summed E-state index contributed by atoms with van der Waals surface area (Å²) >= 11 is 0. The predicted molar refractivity (Wildman–Crippen MR) is 99.0 cm³/mol. The standard InChI is InChI=1S/C20H13F5N4O/c21-14-7-13-16(8-15(14)22)26-9-18(13)27-19(30)17-6-12(28-29-17)5-10-1-3-11(4-2-10)20(23,24)25/h1-4,6-9,26H,5H2,(H,27,30)(H,28,29). The first-order chi connectivity index (χ1) is 14.2. The van der Waals surface area contributed by atoms with Gasteiger partial charge < -0.3 is 10.3 Å². The molecule has 4 rings (SSSR count). The van der Waals surface area contributed by atoms with E-state index in [2.05, 4.69) is 20.5 Å². The van der Waals surface area contributed by atoms with Gasteiger partial charge in [0.15, 0.2) is 17.3 Å². The largest absolute Gasteiger partial charge is 0.416 e. The number of alkyl halides is 3. The highest BCUT2D eigenvalue weighted by Gasteiger charge is 2.29. The van der Waals surface area contributed by atoms with Crippen LogP contribution in [0.25, 0.3) is 10.9 Å². The topological polar surface area (TPSA) is 73.6 Å². The maximum Gasteiger partial charge on any atom is 0.416 e. The van der Waals surface area contributed by atoms with E-state index in [1.54, 1.807) is 0 Å². The molecule has 3 N–H and O–H groups in total. The van der Waals surface area contributed by atoms with Gasteiger partial charge in [0.1, 0.15) is 0 Å². The van der Waals surface area contributed by atoms with Gasteiger partial charge in [0.2, 0.25) is 0 Å². The monoisotopic (exact) mass is 420 g/mol. The van der Waals surface area contributed by atoms with Crippen molar-refractivity contribution in [3.05, 3.63) is 82.8 Å². The Hall–Kier alpha value is -3.69. The summed E-state index contributed by atoms with van der Waals surface area (Å²) in [5, 5.41) is 9.42. The minimum Gasteiger partial charge on any atom is -0.359 e. The van der Waals surface area contributed by atoms with Gasteiger partial charge in [0.05, 0.1) is 16.8 Å². The first kappa shape index (κ1) is 19.6. The molecule has 4 aromatic rings. The number of anilines is 1. The maximum atomic E-state index is 13.5. The summed E-state index contributed by atoms with van der Waals surface area (Å²) in [6.45, 7) is 0. The number of nitrogens with zero attached hydrogens (tertiary/aromatic N) is 1. The zero-order valence-electron chi connectivity index (χ0n) is 15.1. The van der Waals surface area contributed by atoms with Crippen LogP contribution in [0.3, 0.4) is 0 Å². The van der Waals surface area contributed by atoms with Gasteiger partial charge in [0.25, 0.3) is 5.91 Å². The van der Waals surface area contributed by atoms with Crippen LogP contribution in [0.1, 0.15) is 27.3 Å². The molecule has 5 nitrogen and oxygen atoms in total. The van der Waals surface area contributed by atoms with E-state index in [1.807, 2.05) is 0 Å². The lowest BCUT2D eigenvalue weighted by Crippen LogP contribution is -2.12. The average Bonchev–Trinajstić information content (AvgIpc) is 3.30. The van der Waals surface area contributed by atoms with Gasteiger partial charge in [-0.15, -0.1) is 0 Å². The third-order valence-corrected chi connectivity index (χ3v) is 4.51. The van der Waals surface area contributed by atoms with Crippen molar-refractivity contribution in [2.75, 3.05) is 5.32 Å². The van der Waals surface area contributed by atoms with Gasteiger partial charge in [-0.2, -0.15) is 18.3 Å². The van der Waals surface area contributed by atoms with E-state index >= 15 is 0 Å². The third-order valence-electron chi connectivity index (χ3n) is 4.51. The number of rotatable bonds is 4. The first-order valence-electron chi connectivity index (χ1n) is 8.68. The Morgan fingerprint density at radius 2 is 1.73 bits per heavy atom. The molecule has 154 valence electrons. The first-order valence-corrected chi connectivity index (χ1v) is 8.68. The summed E-state index contributed by atoms with van der Waals surface area (Å²) in [5.74, 6) is -2.64. The van der Waals surface area contributed by atoms with Gasteiger partial charge in [0, 0.05) is 29.8 Å². The Kier molecular flexibility index (Phi) is 4.76. The lowest BCUT2D eigenvalue weighted by molar-refractivity contribution is -0.137. The van der Waals surface area contributed by atoms with Crippen molar-refractivity contribution >= 4 is 22.5 Å². The summed E-state index contributed by atoms with van der Waals surface area (Å²) in [6.07, 6.45) is -2.76. The Morgan fingerprint density at radius 1 is 1.03 bits per heavy atom. The number of carbonyl (C=O) groups is 1. The molecule has 0 unspecified atom stereocenters. The van der Waals surface area contributed by atoms with E-state index in [0.717, 1.165) is 24.3 Å². The van der Waals surface area contributed by atoms with Crippen LogP contribution in [0.15, 0.2) is 48.7 Å². The maximum absolute atomic E-state index is 13.5. The zero-order chi connectivity index (χ0) is 21.5. The lowest BCUT2D eigenvalue weighted by Gasteiger charge is -2.06. The second-order valence-electron chi connectivity index (χ2n) is 6.62.